The summed E-state index contributed by atoms with van der Waals surface area (Å²) in [5.74, 6) is 0.697. The zero-order valence-electron chi connectivity index (χ0n) is 15.2. The number of nitrogens with zero attached hydrogens (tertiary/aromatic N) is 4. The Morgan fingerprint density at radius 1 is 1.39 bits per heavy atom. The van der Waals surface area contributed by atoms with Gasteiger partial charge in [-0.2, -0.15) is 0 Å². The average molecular weight is 321 g/mol. The van der Waals surface area contributed by atoms with E-state index >= 15 is 0 Å². The van der Waals surface area contributed by atoms with Crippen LogP contribution >= 0.6 is 0 Å². The van der Waals surface area contributed by atoms with Crippen LogP contribution in [0, 0.1) is 11.3 Å². The number of hydrogen-bond donors (Lipinski definition) is 1. The topological polar surface area (TPSA) is 77.0 Å². The molecular formula is C17H31N5O. The van der Waals surface area contributed by atoms with Gasteiger partial charge in [-0.1, -0.05) is 26.0 Å². The second-order valence-electron chi connectivity index (χ2n) is 8.04. The summed E-state index contributed by atoms with van der Waals surface area (Å²) in [6, 6.07) is 0. The summed E-state index contributed by atoms with van der Waals surface area (Å²) in [7, 11) is 0. The van der Waals surface area contributed by atoms with E-state index in [1.807, 2.05) is 43.5 Å². The third-order valence-corrected chi connectivity index (χ3v) is 4.91. The van der Waals surface area contributed by atoms with E-state index in [1.54, 1.807) is 0 Å². The Hall–Kier alpha value is -1.43. The number of aromatic nitrogens is 3. The first-order valence-electron chi connectivity index (χ1n) is 8.62. The van der Waals surface area contributed by atoms with Gasteiger partial charge in [0.25, 0.3) is 0 Å². The van der Waals surface area contributed by atoms with Gasteiger partial charge in [-0.15, -0.1) is 5.10 Å². The lowest BCUT2D eigenvalue weighted by Gasteiger charge is -2.37. The zero-order valence-corrected chi connectivity index (χ0v) is 15.2. The van der Waals surface area contributed by atoms with Crippen LogP contribution < -0.4 is 5.73 Å². The molecule has 130 valence electrons. The SMILES string of the molecule is CCC(C)(C)C(=O)N1CCC[C@H](Cn2cc(C(C)(C)N)nn2)C1. The molecule has 2 heterocycles. The second-order valence-corrected chi connectivity index (χ2v) is 8.04. The van der Waals surface area contributed by atoms with Crippen LogP contribution in [-0.4, -0.2) is 38.9 Å². The van der Waals surface area contributed by atoms with Gasteiger partial charge in [-0.05, 0) is 39.0 Å². The first-order chi connectivity index (χ1) is 10.6. The third-order valence-electron chi connectivity index (χ3n) is 4.91. The van der Waals surface area contributed by atoms with E-state index < -0.39 is 5.54 Å². The van der Waals surface area contributed by atoms with E-state index in [1.165, 1.54) is 0 Å². The summed E-state index contributed by atoms with van der Waals surface area (Å²) in [5, 5.41) is 8.36. The Morgan fingerprint density at radius 3 is 2.65 bits per heavy atom. The summed E-state index contributed by atoms with van der Waals surface area (Å²) >= 11 is 0. The Morgan fingerprint density at radius 2 is 2.09 bits per heavy atom. The minimum absolute atomic E-state index is 0.270. The molecule has 6 nitrogen and oxygen atoms in total. The monoisotopic (exact) mass is 321 g/mol. The van der Waals surface area contributed by atoms with Crippen molar-refractivity contribution in [3.05, 3.63) is 11.9 Å². The summed E-state index contributed by atoms with van der Waals surface area (Å²) in [6.07, 6.45) is 4.97. The van der Waals surface area contributed by atoms with E-state index in [4.69, 9.17) is 5.73 Å². The molecule has 0 aromatic carbocycles. The van der Waals surface area contributed by atoms with Crippen LogP contribution in [0.1, 0.15) is 59.6 Å². The van der Waals surface area contributed by atoms with Crippen molar-refractivity contribution in [2.24, 2.45) is 17.1 Å². The number of likely N-dealkylation sites (tertiary alicyclic amines) is 1. The highest BCUT2D eigenvalue weighted by Gasteiger charge is 2.33. The first kappa shape index (κ1) is 17.9. The van der Waals surface area contributed by atoms with Crippen LogP contribution in [0.3, 0.4) is 0 Å². The van der Waals surface area contributed by atoms with Crippen LogP contribution in [0.15, 0.2) is 6.20 Å². The highest BCUT2D eigenvalue weighted by molar-refractivity contribution is 5.82. The fraction of sp³-hybridized carbons (Fsp3) is 0.824. The van der Waals surface area contributed by atoms with Crippen molar-refractivity contribution in [3.63, 3.8) is 0 Å². The molecule has 2 N–H and O–H groups in total. The molecule has 0 unspecified atom stereocenters. The summed E-state index contributed by atoms with van der Waals surface area (Å²) in [5.41, 5.74) is 6.11. The quantitative estimate of drug-likeness (QED) is 0.901. The van der Waals surface area contributed by atoms with Gasteiger partial charge in [0.15, 0.2) is 0 Å². The van der Waals surface area contributed by atoms with Crippen LogP contribution in [-0.2, 0) is 16.9 Å². The second kappa shape index (κ2) is 6.59. The van der Waals surface area contributed by atoms with Crippen molar-refractivity contribution in [3.8, 4) is 0 Å². The Kier molecular flexibility index (Phi) is 5.14. The van der Waals surface area contributed by atoms with Gasteiger partial charge in [0.2, 0.25) is 5.91 Å². The molecule has 0 saturated carbocycles. The number of nitrogens with two attached hydrogens (primary N) is 1. The predicted molar refractivity (Wildman–Crippen MR) is 90.6 cm³/mol. The average Bonchev–Trinajstić information content (AvgIpc) is 2.95. The lowest BCUT2D eigenvalue weighted by Crippen LogP contribution is -2.46. The first-order valence-corrected chi connectivity index (χ1v) is 8.62. The summed E-state index contributed by atoms with van der Waals surface area (Å²) in [6.45, 7) is 12.5. The fourth-order valence-corrected chi connectivity index (χ4v) is 2.93. The van der Waals surface area contributed by atoms with Crippen molar-refractivity contribution in [1.82, 2.24) is 19.9 Å². The van der Waals surface area contributed by atoms with Gasteiger partial charge >= 0.3 is 0 Å². The third kappa shape index (κ3) is 4.31. The van der Waals surface area contributed by atoms with Crippen molar-refractivity contribution in [2.45, 2.75) is 66.0 Å². The molecule has 1 aliphatic rings. The summed E-state index contributed by atoms with van der Waals surface area (Å²) < 4.78 is 1.87. The lowest BCUT2D eigenvalue weighted by atomic mass is 9.87. The molecule has 1 fully saturated rings. The van der Waals surface area contributed by atoms with E-state index in [0.29, 0.717) is 5.92 Å². The molecule has 0 radical (unpaired) electrons. The molecule has 1 saturated heterocycles. The Balaban J connectivity index is 1.99. The van der Waals surface area contributed by atoms with Gasteiger partial charge < -0.3 is 10.6 Å². The number of piperidine rings is 1. The van der Waals surface area contributed by atoms with E-state index in [0.717, 1.165) is 44.6 Å². The van der Waals surface area contributed by atoms with E-state index in [9.17, 15) is 4.79 Å². The molecule has 1 amide bonds. The fourth-order valence-electron chi connectivity index (χ4n) is 2.93. The molecule has 1 aliphatic heterocycles. The molecule has 23 heavy (non-hydrogen) atoms. The maximum absolute atomic E-state index is 12.7. The van der Waals surface area contributed by atoms with Crippen LogP contribution in [0.5, 0.6) is 0 Å². The van der Waals surface area contributed by atoms with Crippen LogP contribution in [0.25, 0.3) is 0 Å². The van der Waals surface area contributed by atoms with Crippen LogP contribution in [0.2, 0.25) is 0 Å². The number of hydrogen-bond acceptors (Lipinski definition) is 4. The maximum Gasteiger partial charge on any atom is 0.228 e. The Labute approximate surface area is 139 Å². The largest absolute Gasteiger partial charge is 0.342 e. The minimum atomic E-state index is -0.474. The van der Waals surface area contributed by atoms with Gasteiger partial charge in [0.05, 0.1) is 11.7 Å². The molecule has 1 aromatic rings. The van der Waals surface area contributed by atoms with Crippen molar-refractivity contribution >= 4 is 5.91 Å². The molecule has 0 aliphatic carbocycles. The molecule has 6 heteroatoms. The molecular weight excluding hydrogens is 290 g/mol. The van der Waals surface area contributed by atoms with Crippen molar-refractivity contribution in [2.75, 3.05) is 13.1 Å². The smallest absolute Gasteiger partial charge is 0.228 e. The van der Waals surface area contributed by atoms with Crippen LogP contribution in [0.4, 0.5) is 0 Å². The minimum Gasteiger partial charge on any atom is -0.342 e. The molecule has 1 atom stereocenters. The standard InChI is InChI=1S/C17H31N5O/c1-6-16(2,3)15(23)21-9-7-8-13(10-21)11-22-12-14(19-20-22)17(4,5)18/h12-13H,6-11,18H2,1-5H3/t13-/m0/s1. The van der Waals surface area contributed by atoms with E-state index in [2.05, 4.69) is 17.2 Å². The Bertz CT molecular complexity index is 543. The van der Waals surface area contributed by atoms with E-state index in [-0.39, 0.29) is 11.3 Å². The van der Waals surface area contributed by atoms with Gasteiger partial charge in [-0.3, -0.25) is 9.48 Å². The van der Waals surface area contributed by atoms with Gasteiger partial charge in [0, 0.05) is 25.0 Å². The maximum atomic E-state index is 12.7. The molecule has 0 spiro atoms. The van der Waals surface area contributed by atoms with Gasteiger partial charge in [0.1, 0.15) is 5.69 Å². The number of amides is 1. The highest BCUT2D eigenvalue weighted by Crippen LogP contribution is 2.27. The number of carbonyl (C=O) groups is 1. The predicted octanol–water partition coefficient (Wildman–Crippen LogP) is 2.15. The van der Waals surface area contributed by atoms with Crippen molar-refractivity contribution < 1.29 is 4.79 Å². The number of rotatable bonds is 5. The zero-order chi connectivity index (χ0) is 17.3. The molecule has 2 rings (SSSR count). The normalized spacial score (nSPS) is 19.9. The number of carbonyl (C=O) groups excluding carboxylic acids is 1. The lowest BCUT2D eigenvalue weighted by molar-refractivity contribution is -0.142. The summed E-state index contributed by atoms with van der Waals surface area (Å²) in [4.78, 5) is 14.7. The van der Waals surface area contributed by atoms with Crippen molar-refractivity contribution in [1.29, 1.82) is 0 Å². The molecule has 0 bridgehead atoms. The van der Waals surface area contributed by atoms with Gasteiger partial charge in [-0.25, -0.2) is 0 Å². The highest BCUT2D eigenvalue weighted by atomic mass is 16.2. The molecule has 1 aromatic heterocycles.